The Balaban J connectivity index is 2.13. The average Bonchev–Trinajstić information content (AvgIpc) is 2.27. The van der Waals surface area contributed by atoms with E-state index in [-0.39, 0.29) is 0 Å². The van der Waals surface area contributed by atoms with Gasteiger partial charge in [0.1, 0.15) is 11.6 Å². The predicted molar refractivity (Wildman–Crippen MR) is 63.4 cm³/mol. The molecule has 0 saturated carbocycles. The van der Waals surface area contributed by atoms with Crippen LogP contribution in [0.3, 0.4) is 0 Å². The Morgan fingerprint density at radius 1 is 1.31 bits per heavy atom. The smallest absolute Gasteiger partial charge is 0.140 e. The number of halogens is 3. The first-order chi connectivity index (χ1) is 7.66. The van der Waals surface area contributed by atoms with Crippen LogP contribution in [0.1, 0.15) is 24.8 Å². The van der Waals surface area contributed by atoms with Crippen molar-refractivity contribution in [3.05, 3.63) is 33.8 Å². The lowest BCUT2D eigenvalue weighted by Crippen LogP contribution is -2.35. The molecular weight excluding hydrogens is 276 g/mol. The third-order valence-corrected chi connectivity index (χ3v) is 3.84. The number of piperidine rings is 1. The van der Waals surface area contributed by atoms with Crippen molar-refractivity contribution in [3.8, 4) is 0 Å². The summed E-state index contributed by atoms with van der Waals surface area (Å²) >= 11 is 3.17. The van der Waals surface area contributed by atoms with Crippen molar-refractivity contribution in [3.63, 3.8) is 0 Å². The summed E-state index contributed by atoms with van der Waals surface area (Å²) in [7, 11) is 0. The van der Waals surface area contributed by atoms with Crippen LogP contribution in [0.5, 0.6) is 0 Å². The molecule has 1 aromatic carbocycles. The molecule has 88 valence electrons. The van der Waals surface area contributed by atoms with Gasteiger partial charge in [-0.15, -0.1) is 0 Å². The molecule has 0 bridgehead atoms. The number of benzene rings is 1. The molecule has 1 aromatic rings. The summed E-state index contributed by atoms with van der Waals surface area (Å²) in [6.07, 6.45) is 4.13. The molecule has 4 heteroatoms. The summed E-state index contributed by atoms with van der Waals surface area (Å²) in [5, 5.41) is 3.37. The van der Waals surface area contributed by atoms with Crippen molar-refractivity contribution >= 4 is 15.9 Å². The molecule has 1 aliphatic heterocycles. The van der Waals surface area contributed by atoms with Crippen molar-refractivity contribution in [2.24, 2.45) is 0 Å². The molecule has 1 saturated heterocycles. The zero-order valence-electron chi connectivity index (χ0n) is 8.90. The number of hydrogen-bond donors (Lipinski definition) is 1. The average molecular weight is 290 g/mol. The Morgan fingerprint density at radius 2 is 2.12 bits per heavy atom. The van der Waals surface area contributed by atoms with Gasteiger partial charge in [-0.25, -0.2) is 8.78 Å². The van der Waals surface area contributed by atoms with Gasteiger partial charge in [-0.2, -0.15) is 0 Å². The maximum atomic E-state index is 13.3. The molecule has 0 aliphatic carbocycles. The van der Waals surface area contributed by atoms with E-state index in [9.17, 15) is 8.78 Å². The molecule has 0 spiro atoms. The maximum absolute atomic E-state index is 13.3. The van der Waals surface area contributed by atoms with Gasteiger partial charge in [-0.3, -0.25) is 0 Å². The van der Waals surface area contributed by atoms with Gasteiger partial charge in [0.15, 0.2) is 0 Å². The second kappa shape index (κ2) is 5.23. The first kappa shape index (κ1) is 12.0. The Kier molecular flexibility index (Phi) is 3.92. The van der Waals surface area contributed by atoms with E-state index in [2.05, 4.69) is 21.2 Å². The molecule has 1 unspecified atom stereocenters. The molecule has 0 radical (unpaired) electrons. The normalized spacial score (nSPS) is 21.1. The van der Waals surface area contributed by atoms with Crippen LogP contribution in [-0.4, -0.2) is 12.6 Å². The molecule has 0 aromatic heterocycles. The lowest BCUT2D eigenvalue weighted by molar-refractivity contribution is 0.398. The minimum atomic E-state index is -0.522. The summed E-state index contributed by atoms with van der Waals surface area (Å²) in [5.74, 6) is -1.03. The zero-order chi connectivity index (χ0) is 11.5. The first-order valence-electron chi connectivity index (χ1n) is 5.53. The van der Waals surface area contributed by atoms with Crippen LogP contribution in [0.15, 0.2) is 16.6 Å². The quantitative estimate of drug-likeness (QED) is 0.823. The first-order valence-corrected chi connectivity index (χ1v) is 6.33. The standard InChI is InChI=1S/C12H14BrF2N/c13-12-8(5-9(14)7-11(12)15)6-10-3-1-2-4-16-10/h5,7,10,16H,1-4,6H2. The maximum Gasteiger partial charge on any atom is 0.140 e. The van der Waals surface area contributed by atoms with Gasteiger partial charge in [-0.1, -0.05) is 6.42 Å². The molecule has 1 fully saturated rings. The Morgan fingerprint density at radius 3 is 2.81 bits per heavy atom. The second-order valence-electron chi connectivity index (χ2n) is 4.21. The van der Waals surface area contributed by atoms with Gasteiger partial charge in [0.05, 0.1) is 4.47 Å². The third kappa shape index (κ3) is 2.80. The fourth-order valence-electron chi connectivity index (χ4n) is 2.12. The van der Waals surface area contributed by atoms with E-state index in [0.717, 1.165) is 19.0 Å². The molecule has 1 heterocycles. The van der Waals surface area contributed by atoms with Crippen LogP contribution in [0, 0.1) is 11.6 Å². The fraction of sp³-hybridized carbons (Fsp3) is 0.500. The van der Waals surface area contributed by atoms with Crippen molar-refractivity contribution in [2.45, 2.75) is 31.7 Å². The summed E-state index contributed by atoms with van der Waals surface area (Å²) in [6, 6.07) is 2.65. The molecular formula is C12H14BrF2N. The van der Waals surface area contributed by atoms with Crippen LogP contribution in [0.25, 0.3) is 0 Å². The minimum absolute atomic E-state index is 0.339. The van der Waals surface area contributed by atoms with E-state index in [4.69, 9.17) is 0 Å². The van der Waals surface area contributed by atoms with E-state index in [1.807, 2.05) is 0 Å². The number of rotatable bonds is 2. The molecule has 1 N–H and O–H groups in total. The van der Waals surface area contributed by atoms with E-state index < -0.39 is 11.6 Å². The molecule has 16 heavy (non-hydrogen) atoms. The monoisotopic (exact) mass is 289 g/mol. The topological polar surface area (TPSA) is 12.0 Å². The van der Waals surface area contributed by atoms with Gasteiger partial charge in [0.25, 0.3) is 0 Å². The molecule has 1 atom stereocenters. The van der Waals surface area contributed by atoms with Crippen molar-refractivity contribution in [2.75, 3.05) is 6.54 Å². The molecule has 1 nitrogen and oxygen atoms in total. The van der Waals surface area contributed by atoms with Crippen molar-refractivity contribution < 1.29 is 8.78 Å². The summed E-state index contributed by atoms with van der Waals surface area (Å²) < 4.78 is 26.8. The molecule has 2 rings (SSSR count). The van der Waals surface area contributed by atoms with Crippen molar-refractivity contribution in [1.82, 2.24) is 5.32 Å². The second-order valence-corrected chi connectivity index (χ2v) is 5.00. The van der Waals surface area contributed by atoms with E-state index in [1.54, 1.807) is 0 Å². The van der Waals surface area contributed by atoms with E-state index in [0.29, 0.717) is 22.5 Å². The Hall–Kier alpha value is -0.480. The fourth-order valence-corrected chi connectivity index (χ4v) is 2.51. The third-order valence-electron chi connectivity index (χ3n) is 2.95. The number of nitrogens with one attached hydrogen (secondary N) is 1. The van der Waals surface area contributed by atoms with Gasteiger partial charge in [0.2, 0.25) is 0 Å². The minimum Gasteiger partial charge on any atom is -0.314 e. The van der Waals surface area contributed by atoms with E-state index in [1.165, 1.54) is 18.9 Å². The largest absolute Gasteiger partial charge is 0.314 e. The van der Waals surface area contributed by atoms with Gasteiger partial charge >= 0.3 is 0 Å². The predicted octanol–water partition coefficient (Wildman–Crippen LogP) is 3.41. The summed E-state index contributed by atoms with van der Waals surface area (Å²) in [6.45, 7) is 1.00. The highest BCUT2D eigenvalue weighted by atomic mass is 79.9. The van der Waals surface area contributed by atoms with Gasteiger partial charge in [-0.05, 0) is 53.4 Å². The highest BCUT2D eigenvalue weighted by Gasteiger charge is 2.16. The van der Waals surface area contributed by atoms with Crippen LogP contribution in [-0.2, 0) is 6.42 Å². The highest BCUT2D eigenvalue weighted by molar-refractivity contribution is 9.10. The number of hydrogen-bond acceptors (Lipinski definition) is 1. The van der Waals surface area contributed by atoms with Crippen LogP contribution < -0.4 is 5.32 Å². The van der Waals surface area contributed by atoms with Gasteiger partial charge < -0.3 is 5.32 Å². The lowest BCUT2D eigenvalue weighted by atomic mass is 9.98. The lowest BCUT2D eigenvalue weighted by Gasteiger charge is -2.23. The zero-order valence-corrected chi connectivity index (χ0v) is 10.5. The van der Waals surface area contributed by atoms with E-state index >= 15 is 0 Å². The Bertz CT molecular complexity index is 376. The summed E-state index contributed by atoms with van der Waals surface area (Å²) in [4.78, 5) is 0. The van der Waals surface area contributed by atoms with Crippen molar-refractivity contribution in [1.29, 1.82) is 0 Å². The molecule has 1 aliphatic rings. The molecule has 0 amide bonds. The van der Waals surface area contributed by atoms with Crippen LogP contribution in [0.4, 0.5) is 8.78 Å². The Labute approximate surface area is 102 Å². The highest BCUT2D eigenvalue weighted by Crippen LogP contribution is 2.24. The van der Waals surface area contributed by atoms with Crippen LogP contribution in [0.2, 0.25) is 0 Å². The van der Waals surface area contributed by atoms with Gasteiger partial charge in [0, 0.05) is 12.1 Å². The summed E-state index contributed by atoms with van der Waals surface area (Å²) in [5.41, 5.74) is 0.705. The van der Waals surface area contributed by atoms with Crippen LogP contribution >= 0.6 is 15.9 Å². The SMILES string of the molecule is Fc1cc(F)c(Br)c(CC2CCCCN2)c1.